The quantitative estimate of drug-likeness (QED) is 0.680. The van der Waals surface area contributed by atoms with E-state index in [1.807, 2.05) is 0 Å². The standard InChI is InChI=1S/C23H27N3O3S2.Na/c27-23(24-21-18-5-1-3-15(18)11-16-4-2-6-19(16)21)25-31(28,29)20-12-17-13-26-9-7-14(8-10-26)22(17)30-20;/h11-12,14H,1-10,13H2,(H2,24,25,27);/q;+1/p-1. The largest absolute Gasteiger partial charge is 1.00 e. The monoisotopic (exact) mass is 479 g/mol. The maximum absolute atomic E-state index is 13.0. The number of nitrogens with one attached hydrogen (secondary N) is 1. The second kappa shape index (κ2) is 8.71. The van der Waals surface area contributed by atoms with Crippen LogP contribution in [-0.4, -0.2) is 32.4 Å². The molecule has 0 saturated carbocycles. The predicted octanol–water partition coefficient (Wildman–Crippen LogP) is 1.72. The van der Waals surface area contributed by atoms with Crippen molar-refractivity contribution in [1.82, 2.24) is 4.90 Å². The fraction of sp³-hybridized carbons (Fsp3) is 0.522. The van der Waals surface area contributed by atoms with Crippen molar-refractivity contribution in [2.24, 2.45) is 0 Å². The van der Waals surface area contributed by atoms with Crippen molar-refractivity contribution < 1.29 is 42.8 Å². The fourth-order valence-corrected chi connectivity index (χ4v) is 8.38. The molecule has 3 aliphatic heterocycles. The number of fused-ring (bicyclic) bond motifs is 4. The molecule has 1 saturated heterocycles. The van der Waals surface area contributed by atoms with E-state index in [0.29, 0.717) is 5.92 Å². The van der Waals surface area contributed by atoms with Gasteiger partial charge in [0.1, 0.15) is 4.21 Å². The normalized spacial score (nSPS) is 23.0. The van der Waals surface area contributed by atoms with Gasteiger partial charge in [-0.05, 0) is 110 Å². The van der Waals surface area contributed by atoms with Crippen LogP contribution in [0.5, 0.6) is 0 Å². The number of nitrogens with zero attached hydrogens (tertiary/aromatic N) is 2. The number of urea groups is 1. The molecule has 2 bridgehead atoms. The van der Waals surface area contributed by atoms with Gasteiger partial charge < -0.3 is 10.0 Å². The predicted molar refractivity (Wildman–Crippen MR) is 122 cm³/mol. The maximum atomic E-state index is 13.0. The van der Waals surface area contributed by atoms with Crippen LogP contribution in [0.1, 0.15) is 64.3 Å². The summed E-state index contributed by atoms with van der Waals surface area (Å²) in [6.45, 7) is 2.95. The molecular formula is C23H26N3NaO3S2. The molecule has 1 aromatic carbocycles. The van der Waals surface area contributed by atoms with Crippen molar-refractivity contribution in [1.29, 1.82) is 0 Å². The topological polar surface area (TPSA) is 80.6 Å². The van der Waals surface area contributed by atoms with Gasteiger partial charge in [0.05, 0.1) is 0 Å². The molecule has 9 heteroatoms. The molecule has 1 aromatic heterocycles. The SMILES string of the molecule is O=C([N-]S(=O)(=O)c1cc2c(s1)C1CCN(CC1)C2)Nc1c2c(cc3c1CCC3)CCC2.[Na+]. The number of amides is 2. The van der Waals surface area contributed by atoms with Gasteiger partial charge in [0.25, 0.3) is 0 Å². The summed E-state index contributed by atoms with van der Waals surface area (Å²) in [6.07, 6.45) is 8.23. The number of thiophene rings is 1. The molecule has 7 rings (SSSR count). The molecule has 6 nitrogen and oxygen atoms in total. The second-order valence-electron chi connectivity index (χ2n) is 9.24. The zero-order valence-corrected chi connectivity index (χ0v) is 22.1. The van der Waals surface area contributed by atoms with E-state index in [1.54, 1.807) is 6.07 Å². The van der Waals surface area contributed by atoms with Gasteiger partial charge in [-0.15, -0.1) is 11.3 Å². The third-order valence-corrected chi connectivity index (χ3v) is 10.4. The van der Waals surface area contributed by atoms with Crippen LogP contribution in [0.3, 0.4) is 0 Å². The van der Waals surface area contributed by atoms with Crippen molar-refractivity contribution >= 4 is 33.1 Å². The maximum Gasteiger partial charge on any atom is 1.00 e. The van der Waals surface area contributed by atoms with Crippen molar-refractivity contribution in [2.45, 2.75) is 68.0 Å². The number of sulfonamides is 1. The minimum Gasteiger partial charge on any atom is -0.423 e. The van der Waals surface area contributed by atoms with Gasteiger partial charge in [-0.3, -0.25) is 9.69 Å². The first-order chi connectivity index (χ1) is 15.0. The van der Waals surface area contributed by atoms with E-state index in [1.165, 1.54) is 38.5 Å². The van der Waals surface area contributed by atoms with E-state index in [-0.39, 0.29) is 33.8 Å². The molecule has 2 aromatic rings. The molecule has 4 heterocycles. The smallest absolute Gasteiger partial charge is 0.423 e. The summed E-state index contributed by atoms with van der Waals surface area (Å²) in [5.74, 6) is 0.436. The number of aryl methyl sites for hydroxylation is 2. The average molecular weight is 480 g/mol. The van der Waals surface area contributed by atoms with Crippen molar-refractivity contribution in [3.05, 3.63) is 49.5 Å². The molecule has 0 spiro atoms. The van der Waals surface area contributed by atoms with Crippen molar-refractivity contribution in [2.75, 3.05) is 18.4 Å². The van der Waals surface area contributed by atoms with E-state index in [0.717, 1.165) is 82.3 Å². The summed E-state index contributed by atoms with van der Waals surface area (Å²) in [4.78, 5) is 16.3. The number of carbonyl (C=O) groups is 1. The Labute approximate surface area is 215 Å². The van der Waals surface area contributed by atoms with E-state index in [9.17, 15) is 13.2 Å². The van der Waals surface area contributed by atoms with Gasteiger partial charge in [-0.1, -0.05) is 6.07 Å². The minimum absolute atomic E-state index is 0. The molecule has 164 valence electrons. The van der Waals surface area contributed by atoms with Crippen LogP contribution in [-0.2, 0) is 42.3 Å². The zero-order chi connectivity index (χ0) is 21.2. The number of hydrogen-bond donors (Lipinski definition) is 1. The van der Waals surface area contributed by atoms with Crippen LogP contribution in [0.2, 0.25) is 0 Å². The molecule has 1 N–H and O–H groups in total. The van der Waals surface area contributed by atoms with Gasteiger partial charge in [-0.25, -0.2) is 8.42 Å². The summed E-state index contributed by atoms with van der Waals surface area (Å²) >= 11 is 1.32. The summed E-state index contributed by atoms with van der Waals surface area (Å²) in [5, 5.41) is 2.88. The summed E-state index contributed by atoms with van der Waals surface area (Å²) in [7, 11) is -4.02. The third kappa shape index (κ3) is 3.97. The first-order valence-electron chi connectivity index (χ1n) is 11.3. The van der Waals surface area contributed by atoms with Gasteiger partial charge >= 0.3 is 29.6 Å². The Morgan fingerprint density at radius 2 is 1.66 bits per heavy atom. The van der Waals surface area contributed by atoms with Crippen LogP contribution in [0.4, 0.5) is 10.5 Å². The van der Waals surface area contributed by atoms with Gasteiger partial charge in [0, 0.05) is 11.4 Å². The summed E-state index contributed by atoms with van der Waals surface area (Å²) < 4.78 is 29.8. The number of rotatable bonds is 3. The first kappa shape index (κ1) is 22.9. The molecule has 32 heavy (non-hydrogen) atoms. The Kier molecular flexibility index (Phi) is 6.22. The van der Waals surface area contributed by atoms with Crippen LogP contribution >= 0.6 is 11.3 Å². The number of benzene rings is 1. The van der Waals surface area contributed by atoms with Crippen molar-refractivity contribution in [3.63, 3.8) is 0 Å². The van der Waals surface area contributed by atoms with E-state index >= 15 is 0 Å². The Bertz CT molecular complexity index is 1150. The summed E-state index contributed by atoms with van der Waals surface area (Å²) in [5.41, 5.74) is 6.87. The van der Waals surface area contributed by atoms with E-state index < -0.39 is 16.1 Å². The van der Waals surface area contributed by atoms with Gasteiger partial charge in [0.15, 0.2) is 6.03 Å². The Morgan fingerprint density at radius 1 is 1.00 bits per heavy atom. The average Bonchev–Trinajstić information content (AvgIpc) is 3.45. The van der Waals surface area contributed by atoms with Crippen LogP contribution in [0.25, 0.3) is 4.72 Å². The molecule has 5 aliphatic rings. The Hall–Kier alpha value is -0.900. The number of anilines is 1. The number of piperidine rings is 1. The fourth-order valence-electron chi connectivity index (χ4n) is 5.86. The van der Waals surface area contributed by atoms with Gasteiger partial charge in [0.2, 0.25) is 10.0 Å². The minimum atomic E-state index is -4.02. The number of hydrogen-bond acceptors (Lipinski definition) is 5. The molecule has 0 atom stereocenters. The van der Waals surface area contributed by atoms with Gasteiger partial charge in [-0.2, -0.15) is 0 Å². The molecular weight excluding hydrogens is 453 g/mol. The molecule has 0 unspecified atom stereocenters. The molecule has 1 fully saturated rings. The Balaban J connectivity index is 0.00000216. The van der Waals surface area contributed by atoms with Crippen LogP contribution < -0.4 is 34.9 Å². The third-order valence-electron chi connectivity index (χ3n) is 7.33. The molecule has 2 amide bonds. The first-order valence-corrected chi connectivity index (χ1v) is 13.5. The molecule has 0 radical (unpaired) electrons. The zero-order valence-electron chi connectivity index (χ0n) is 18.4. The van der Waals surface area contributed by atoms with Crippen LogP contribution in [0, 0.1) is 0 Å². The van der Waals surface area contributed by atoms with E-state index in [2.05, 4.69) is 21.0 Å². The molecule has 2 aliphatic carbocycles. The van der Waals surface area contributed by atoms with Crippen molar-refractivity contribution in [3.8, 4) is 0 Å². The summed E-state index contributed by atoms with van der Waals surface area (Å²) in [6, 6.07) is 3.26. The number of carbonyl (C=O) groups excluding carboxylic acids is 1. The Morgan fingerprint density at radius 3 is 2.31 bits per heavy atom. The van der Waals surface area contributed by atoms with Crippen LogP contribution in [0.15, 0.2) is 16.3 Å². The van der Waals surface area contributed by atoms with E-state index in [4.69, 9.17) is 0 Å². The second-order valence-corrected chi connectivity index (χ2v) is 12.2.